The Morgan fingerprint density at radius 3 is 2.26 bits per heavy atom. The van der Waals surface area contributed by atoms with E-state index in [1.807, 2.05) is 0 Å². The fourth-order valence-corrected chi connectivity index (χ4v) is 3.05. The smallest absolute Gasteiger partial charge is 0.343 e. The Bertz CT molecular complexity index is 1260. The number of hydrogen-bond donors (Lipinski definition) is 2. The molecule has 0 atom stereocenters. The predicted octanol–water partition coefficient (Wildman–Crippen LogP) is 4.96. The van der Waals surface area contributed by atoms with E-state index in [2.05, 4.69) is 15.8 Å². The van der Waals surface area contributed by atoms with Gasteiger partial charge >= 0.3 is 17.8 Å². The third kappa shape index (κ3) is 6.71. The molecule has 8 nitrogen and oxygen atoms in total. The van der Waals surface area contributed by atoms with Crippen LogP contribution in [0.4, 0.5) is 5.69 Å². The molecule has 0 radical (unpaired) electrons. The molecule has 0 aliphatic heterocycles. The largest absolute Gasteiger partial charge is 0.493 e. The summed E-state index contributed by atoms with van der Waals surface area (Å²) < 4.78 is 10.6. The lowest BCUT2D eigenvalue weighted by Crippen LogP contribution is -2.32. The second-order valence-corrected chi connectivity index (χ2v) is 7.86. The van der Waals surface area contributed by atoms with Crippen LogP contribution in [-0.4, -0.2) is 31.1 Å². The van der Waals surface area contributed by atoms with Crippen LogP contribution in [-0.2, 0) is 9.59 Å². The van der Waals surface area contributed by atoms with Crippen molar-refractivity contribution in [2.45, 2.75) is 0 Å². The highest BCUT2D eigenvalue weighted by atomic mass is 35.5. The molecule has 0 fully saturated rings. The Hall–Kier alpha value is -3.59. The number of methoxy groups -OCH3 is 1. The number of hydrogen-bond acceptors (Lipinski definition) is 6. The highest BCUT2D eigenvalue weighted by Crippen LogP contribution is 2.28. The molecule has 174 valence electrons. The van der Waals surface area contributed by atoms with Gasteiger partial charge in [-0.1, -0.05) is 34.8 Å². The molecule has 2 N–H and O–H groups in total. The van der Waals surface area contributed by atoms with Crippen LogP contribution in [0.1, 0.15) is 15.9 Å². The van der Waals surface area contributed by atoms with Crippen molar-refractivity contribution in [1.82, 2.24) is 5.43 Å². The van der Waals surface area contributed by atoms with Crippen molar-refractivity contribution in [3.63, 3.8) is 0 Å². The van der Waals surface area contributed by atoms with Crippen LogP contribution in [0, 0.1) is 0 Å². The Morgan fingerprint density at radius 1 is 0.853 bits per heavy atom. The van der Waals surface area contributed by atoms with Gasteiger partial charge in [0.1, 0.15) is 0 Å². The maximum Gasteiger partial charge on any atom is 0.343 e. The fourth-order valence-electron chi connectivity index (χ4n) is 2.58. The summed E-state index contributed by atoms with van der Waals surface area (Å²) in [5, 5.41) is 7.15. The molecule has 0 aliphatic carbocycles. The van der Waals surface area contributed by atoms with E-state index < -0.39 is 17.8 Å². The number of nitrogens with one attached hydrogen (secondary N) is 2. The monoisotopic (exact) mass is 519 g/mol. The molecule has 3 aromatic carbocycles. The van der Waals surface area contributed by atoms with Crippen molar-refractivity contribution >= 4 is 64.5 Å². The van der Waals surface area contributed by atoms with Gasteiger partial charge in [0, 0.05) is 10.0 Å². The van der Waals surface area contributed by atoms with Crippen molar-refractivity contribution in [2.75, 3.05) is 12.4 Å². The van der Waals surface area contributed by atoms with E-state index in [-0.39, 0.29) is 22.2 Å². The van der Waals surface area contributed by atoms with Gasteiger partial charge in [-0.2, -0.15) is 5.10 Å². The molecular formula is C23H16Cl3N3O5. The van der Waals surface area contributed by atoms with Gasteiger partial charge in [0.15, 0.2) is 11.5 Å². The highest BCUT2D eigenvalue weighted by Gasteiger charge is 2.15. The van der Waals surface area contributed by atoms with Gasteiger partial charge in [-0.25, -0.2) is 10.2 Å². The summed E-state index contributed by atoms with van der Waals surface area (Å²) in [6, 6.07) is 15.3. The third-order valence-corrected chi connectivity index (χ3v) is 5.05. The van der Waals surface area contributed by atoms with E-state index in [1.54, 1.807) is 24.3 Å². The molecule has 11 heteroatoms. The second-order valence-electron chi connectivity index (χ2n) is 6.58. The number of carbonyl (C=O) groups excluding carboxylic acids is 3. The molecule has 0 aromatic heterocycles. The number of amides is 2. The first-order chi connectivity index (χ1) is 16.3. The average molecular weight is 521 g/mol. The Balaban J connectivity index is 1.61. The highest BCUT2D eigenvalue weighted by molar-refractivity contribution is 6.42. The lowest BCUT2D eigenvalue weighted by molar-refractivity contribution is -0.136. The van der Waals surface area contributed by atoms with Crippen LogP contribution >= 0.6 is 34.8 Å². The standard InChI is InChI=1S/C23H16Cl3N3O5/c1-33-20-10-13(2-9-19(20)34-23(32)14-3-5-15(24)6-4-14)12-27-29-22(31)21(30)28-18-11-16(25)7-8-17(18)26/h2-12H,1H3,(H,28,30)(H,29,31)/b27-12-. The molecule has 0 aliphatic rings. The van der Waals surface area contributed by atoms with E-state index >= 15 is 0 Å². The molecule has 0 saturated carbocycles. The zero-order chi connectivity index (χ0) is 24.7. The van der Waals surface area contributed by atoms with Gasteiger partial charge in [0.25, 0.3) is 0 Å². The number of hydrazone groups is 1. The van der Waals surface area contributed by atoms with Crippen LogP contribution in [0.15, 0.2) is 65.8 Å². The first-order valence-electron chi connectivity index (χ1n) is 9.52. The number of carbonyl (C=O) groups is 3. The Labute approximate surface area is 209 Å². The maximum atomic E-state index is 12.3. The second kappa shape index (κ2) is 11.5. The number of esters is 1. The van der Waals surface area contributed by atoms with Crippen LogP contribution in [0.2, 0.25) is 15.1 Å². The number of rotatable bonds is 6. The molecule has 0 bridgehead atoms. The molecule has 3 aromatic rings. The predicted molar refractivity (Wildman–Crippen MR) is 130 cm³/mol. The Morgan fingerprint density at radius 2 is 1.56 bits per heavy atom. The SMILES string of the molecule is COc1cc(/C=N\NC(=O)C(=O)Nc2cc(Cl)ccc2Cl)ccc1OC(=O)c1ccc(Cl)cc1. The molecule has 0 saturated heterocycles. The van der Waals surface area contributed by atoms with Crippen LogP contribution in [0.25, 0.3) is 0 Å². The van der Waals surface area contributed by atoms with E-state index in [0.717, 1.165) is 0 Å². The van der Waals surface area contributed by atoms with E-state index in [9.17, 15) is 14.4 Å². The van der Waals surface area contributed by atoms with Crippen molar-refractivity contribution in [3.8, 4) is 11.5 Å². The van der Waals surface area contributed by atoms with Gasteiger partial charge in [-0.05, 0) is 66.2 Å². The maximum absolute atomic E-state index is 12.3. The number of nitrogens with zero attached hydrogens (tertiary/aromatic N) is 1. The minimum absolute atomic E-state index is 0.182. The van der Waals surface area contributed by atoms with Crippen LogP contribution < -0.4 is 20.2 Å². The van der Waals surface area contributed by atoms with Crippen molar-refractivity contribution in [2.24, 2.45) is 5.10 Å². The van der Waals surface area contributed by atoms with Gasteiger partial charge in [0.05, 0.1) is 29.6 Å². The van der Waals surface area contributed by atoms with E-state index in [4.69, 9.17) is 44.3 Å². The number of halogens is 3. The summed E-state index contributed by atoms with van der Waals surface area (Å²) >= 11 is 17.6. The summed E-state index contributed by atoms with van der Waals surface area (Å²) in [7, 11) is 1.41. The molecule has 34 heavy (non-hydrogen) atoms. The van der Waals surface area contributed by atoms with Gasteiger partial charge in [0.2, 0.25) is 0 Å². The summed E-state index contributed by atoms with van der Waals surface area (Å²) in [5.41, 5.74) is 3.11. The quantitative estimate of drug-likeness (QED) is 0.157. The average Bonchev–Trinajstić information content (AvgIpc) is 2.82. The zero-order valence-corrected chi connectivity index (χ0v) is 19.7. The molecular weight excluding hydrogens is 505 g/mol. The first kappa shape index (κ1) is 25.0. The summed E-state index contributed by atoms with van der Waals surface area (Å²) in [5.74, 6) is -2.15. The van der Waals surface area contributed by atoms with Crippen LogP contribution in [0.5, 0.6) is 11.5 Å². The minimum atomic E-state index is -1.02. The topological polar surface area (TPSA) is 106 Å². The van der Waals surface area contributed by atoms with Crippen molar-refractivity contribution < 1.29 is 23.9 Å². The Kier molecular flexibility index (Phi) is 8.48. The van der Waals surface area contributed by atoms with Gasteiger partial charge in [-0.3, -0.25) is 9.59 Å². The van der Waals surface area contributed by atoms with Crippen molar-refractivity contribution in [3.05, 3.63) is 86.9 Å². The van der Waals surface area contributed by atoms with Crippen LogP contribution in [0.3, 0.4) is 0 Å². The normalized spacial score (nSPS) is 10.6. The molecule has 0 heterocycles. The lowest BCUT2D eigenvalue weighted by atomic mass is 10.2. The van der Waals surface area contributed by atoms with Gasteiger partial charge < -0.3 is 14.8 Å². The molecule has 2 amide bonds. The first-order valence-corrected chi connectivity index (χ1v) is 10.7. The number of ether oxygens (including phenoxy) is 2. The molecule has 0 spiro atoms. The third-order valence-electron chi connectivity index (χ3n) is 4.23. The minimum Gasteiger partial charge on any atom is -0.493 e. The summed E-state index contributed by atoms with van der Waals surface area (Å²) in [6.07, 6.45) is 1.28. The lowest BCUT2D eigenvalue weighted by Gasteiger charge is -2.10. The van der Waals surface area contributed by atoms with E-state index in [1.165, 1.54) is 49.7 Å². The van der Waals surface area contributed by atoms with Gasteiger partial charge in [-0.15, -0.1) is 0 Å². The van der Waals surface area contributed by atoms with Crippen molar-refractivity contribution in [1.29, 1.82) is 0 Å². The van der Waals surface area contributed by atoms with E-state index in [0.29, 0.717) is 21.2 Å². The fraction of sp³-hybridized carbons (Fsp3) is 0.0435. The summed E-state index contributed by atoms with van der Waals surface area (Å²) in [4.78, 5) is 36.3. The summed E-state index contributed by atoms with van der Waals surface area (Å²) in [6.45, 7) is 0. The zero-order valence-electron chi connectivity index (χ0n) is 17.5. The molecule has 3 rings (SSSR count). The number of benzene rings is 3. The number of anilines is 1. The molecule has 0 unspecified atom stereocenters.